The summed E-state index contributed by atoms with van der Waals surface area (Å²) in [6.07, 6.45) is 7.29. The van der Waals surface area contributed by atoms with Crippen molar-refractivity contribution >= 4 is 16.9 Å². The van der Waals surface area contributed by atoms with Crippen LogP contribution in [0.1, 0.15) is 73.0 Å². The van der Waals surface area contributed by atoms with Crippen LogP contribution in [-0.2, 0) is 5.54 Å². The van der Waals surface area contributed by atoms with E-state index in [0.717, 1.165) is 58.2 Å². The van der Waals surface area contributed by atoms with Gasteiger partial charge in [0.2, 0.25) is 5.43 Å². The molecule has 5 rings (SSSR count). The number of aromatic carboxylic acids is 1. The number of hydrogen-bond acceptors (Lipinski definition) is 4. The average Bonchev–Trinajstić information content (AvgIpc) is 3.46. The topological polar surface area (TPSA) is 74.6 Å². The molecular weight excluding hydrogens is 397 g/mol. The first-order chi connectivity index (χ1) is 14.8. The number of pyridine rings is 1. The summed E-state index contributed by atoms with van der Waals surface area (Å²) in [5.41, 5.74) is 0.418. The summed E-state index contributed by atoms with van der Waals surface area (Å²) in [6.45, 7) is 6.41. The molecule has 166 valence electrons. The predicted octanol–water partition coefficient (Wildman–Crippen LogP) is 3.55. The number of fused-ring (bicyclic) bond motifs is 1. The van der Waals surface area contributed by atoms with Crippen LogP contribution in [0.25, 0.3) is 10.9 Å². The quantitative estimate of drug-likeness (QED) is 0.781. The number of halogens is 1. The first-order valence-corrected chi connectivity index (χ1v) is 11.4. The summed E-state index contributed by atoms with van der Waals surface area (Å²) in [4.78, 5) is 27.2. The number of carboxylic acid groups (broad SMARTS) is 1. The van der Waals surface area contributed by atoms with Gasteiger partial charge in [0.1, 0.15) is 11.4 Å². The van der Waals surface area contributed by atoms with Crippen molar-refractivity contribution < 1.29 is 14.3 Å². The lowest BCUT2D eigenvalue weighted by Crippen LogP contribution is -2.57. The number of rotatable bonds is 4. The molecule has 0 radical (unpaired) electrons. The van der Waals surface area contributed by atoms with Gasteiger partial charge in [-0.25, -0.2) is 9.18 Å². The molecule has 3 aliphatic rings. The fraction of sp³-hybridized carbons (Fsp3) is 0.583. The number of carbonyl (C=O) groups is 1. The minimum Gasteiger partial charge on any atom is -0.477 e. The monoisotopic (exact) mass is 427 g/mol. The summed E-state index contributed by atoms with van der Waals surface area (Å²) in [5, 5.41) is 13.3. The lowest BCUT2D eigenvalue weighted by atomic mass is 9.83. The third-order valence-corrected chi connectivity index (χ3v) is 7.57. The number of nitrogens with zero attached hydrogens (tertiary/aromatic N) is 2. The van der Waals surface area contributed by atoms with Crippen molar-refractivity contribution in [1.82, 2.24) is 14.8 Å². The Bertz CT molecular complexity index is 1120. The second-order valence-electron chi connectivity index (χ2n) is 9.61. The maximum Gasteiger partial charge on any atom is 0.341 e. The van der Waals surface area contributed by atoms with Crippen LogP contribution in [0.4, 0.5) is 4.39 Å². The van der Waals surface area contributed by atoms with Crippen molar-refractivity contribution in [2.45, 2.75) is 70.0 Å². The maximum atomic E-state index is 16.0. The van der Waals surface area contributed by atoms with Crippen LogP contribution in [0.15, 0.2) is 17.1 Å². The summed E-state index contributed by atoms with van der Waals surface area (Å²) in [7, 11) is 0. The molecule has 2 heterocycles. The van der Waals surface area contributed by atoms with Crippen molar-refractivity contribution in [3.05, 3.63) is 45.0 Å². The fourth-order valence-electron chi connectivity index (χ4n) is 5.85. The SMILES string of the molecule is Cc1c(F)c(C2(N3CCNC(C)C3)CCCC2)cc2c1c(=O)c(C(=O)O)cn2C1CC1. The predicted molar refractivity (Wildman–Crippen MR) is 117 cm³/mol. The van der Waals surface area contributed by atoms with Gasteiger partial charge in [-0.1, -0.05) is 12.8 Å². The van der Waals surface area contributed by atoms with Gasteiger partial charge >= 0.3 is 5.97 Å². The molecule has 1 saturated heterocycles. The van der Waals surface area contributed by atoms with Crippen LogP contribution in [0.5, 0.6) is 0 Å². The number of hydrogen-bond donors (Lipinski definition) is 2. The number of carboxylic acids is 1. The van der Waals surface area contributed by atoms with E-state index in [9.17, 15) is 14.7 Å². The second kappa shape index (κ2) is 7.41. The zero-order chi connectivity index (χ0) is 21.9. The van der Waals surface area contributed by atoms with Crippen LogP contribution in [0, 0.1) is 12.7 Å². The standard InChI is InChI=1S/C24H30FN3O3/c1-14-12-27(10-9-26-14)24(7-3-4-8-24)18-11-19-20(15(2)21(18)25)22(29)17(23(30)31)13-28(19)16-5-6-16/h11,13-14,16,26H,3-10,12H2,1-2H3,(H,30,31). The molecule has 31 heavy (non-hydrogen) atoms. The molecule has 1 aromatic carbocycles. The number of piperazine rings is 1. The molecule has 6 nitrogen and oxygen atoms in total. The number of aryl methyl sites for hydroxylation is 1. The third kappa shape index (κ3) is 3.21. The smallest absolute Gasteiger partial charge is 0.341 e. The zero-order valence-electron chi connectivity index (χ0n) is 18.2. The average molecular weight is 428 g/mol. The van der Waals surface area contributed by atoms with Crippen LogP contribution in [0.3, 0.4) is 0 Å². The molecule has 2 saturated carbocycles. The second-order valence-corrected chi connectivity index (χ2v) is 9.61. The Kier molecular flexibility index (Phi) is 4.94. The Balaban J connectivity index is 1.77. The fourth-order valence-corrected chi connectivity index (χ4v) is 5.85. The summed E-state index contributed by atoms with van der Waals surface area (Å²) < 4.78 is 17.9. The molecule has 2 aromatic rings. The van der Waals surface area contributed by atoms with Crippen LogP contribution >= 0.6 is 0 Å². The third-order valence-electron chi connectivity index (χ3n) is 7.57. The van der Waals surface area contributed by atoms with Crippen molar-refractivity contribution in [2.75, 3.05) is 19.6 Å². The molecule has 0 amide bonds. The Labute approximate surface area is 181 Å². The van der Waals surface area contributed by atoms with Gasteiger partial charge in [0, 0.05) is 49.0 Å². The summed E-state index contributed by atoms with van der Waals surface area (Å²) >= 11 is 0. The molecule has 3 fully saturated rings. The van der Waals surface area contributed by atoms with Gasteiger partial charge in [0.05, 0.1) is 10.9 Å². The lowest BCUT2D eigenvalue weighted by Gasteiger charge is -2.46. The van der Waals surface area contributed by atoms with E-state index in [0.29, 0.717) is 17.1 Å². The van der Waals surface area contributed by atoms with E-state index in [4.69, 9.17) is 0 Å². The Morgan fingerprint density at radius 3 is 2.61 bits per heavy atom. The lowest BCUT2D eigenvalue weighted by molar-refractivity contribution is 0.0574. The first kappa shape index (κ1) is 20.6. The number of aromatic nitrogens is 1. The molecule has 0 bridgehead atoms. The van der Waals surface area contributed by atoms with E-state index in [1.807, 2.05) is 10.6 Å². The number of benzene rings is 1. The minimum absolute atomic E-state index is 0.178. The molecular formula is C24H30FN3O3. The molecule has 2 N–H and O–H groups in total. The van der Waals surface area contributed by atoms with E-state index in [1.165, 1.54) is 6.20 Å². The minimum atomic E-state index is -1.26. The molecule has 1 aromatic heterocycles. The van der Waals surface area contributed by atoms with Crippen molar-refractivity contribution in [1.29, 1.82) is 0 Å². The Morgan fingerprint density at radius 1 is 1.29 bits per heavy atom. The van der Waals surface area contributed by atoms with Gasteiger partial charge in [0.25, 0.3) is 0 Å². The highest BCUT2D eigenvalue weighted by atomic mass is 19.1. The van der Waals surface area contributed by atoms with E-state index in [1.54, 1.807) is 6.92 Å². The molecule has 2 aliphatic carbocycles. The van der Waals surface area contributed by atoms with E-state index >= 15 is 4.39 Å². The van der Waals surface area contributed by atoms with Gasteiger partial charge < -0.3 is 15.0 Å². The van der Waals surface area contributed by atoms with Gasteiger partial charge in [0.15, 0.2) is 0 Å². The zero-order valence-corrected chi connectivity index (χ0v) is 18.2. The van der Waals surface area contributed by atoms with Gasteiger partial charge in [-0.3, -0.25) is 9.69 Å². The van der Waals surface area contributed by atoms with Crippen molar-refractivity contribution in [3.63, 3.8) is 0 Å². The van der Waals surface area contributed by atoms with E-state index in [-0.39, 0.29) is 33.9 Å². The normalized spacial score (nSPS) is 24.0. The highest BCUT2D eigenvalue weighted by molar-refractivity contribution is 5.94. The van der Waals surface area contributed by atoms with Crippen LogP contribution in [-0.4, -0.2) is 46.2 Å². The van der Waals surface area contributed by atoms with Crippen molar-refractivity contribution in [3.8, 4) is 0 Å². The largest absolute Gasteiger partial charge is 0.477 e. The summed E-state index contributed by atoms with van der Waals surface area (Å²) in [6, 6.07) is 2.40. The molecule has 1 aliphatic heterocycles. The molecule has 7 heteroatoms. The Hall–Kier alpha value is -2.25. The highest BCUT2D eigenvalue weighted by Crippen LogP contribution is 2.47. The first-order valence-electron chi connectivity index (χ1n) is 11.4. The Morgan fingerprint density at radius 2 is 2.00 bits per heavy atom. The van der Waals surface area contributed by atoms with Crippen LogP contribution < -0.4 is 10.7 Å². The molecule has 1 atom stereocenters. The summed E-state index contributed by atoms with van der Waals surface area (Å²) in [5.74, 6) is -1.60. The van der Waals surface area contributed by atoms with Gasteiger partial charge in [-0.05, 0) is 51.2 Å². The van der Waals surface area contributed by atoms with E-state index < -0.39 is 11.4 Å². The molecule has 0 spiro atoms. The van der Waals surface area contributed by atoms with Gasteiger partial charge in [-0.2, -0.15) is 0 Å². The van der Waals surface area contributed by atoms with Gasteiger partial charge in [-0.15, -0.1) is 0 Å². The van der Waals surface area contributed by atoms with Crippen LogP contribution in [0.2, 0.25) is 0 Å². The van der Waals surface area contributed by atoms with E-state index in [2.05, 4.69) is 17.1 Å². The van der Waals surface area contributed by atoms with Crippen molar-refractivity contribution in [2.24, 2.45) is 0 Å². The molecule has 1 unspecified atom stereocenters. The maximum absolute atomic E-state index is 16.0. The highest BCUT2D eigenvalue weighted by Gasteiger charge is 2.45. The number of nitrogens with one attached hydrogen (secondary N) is 1.